The van der Waals surface area contributed by atoms with Gasteiger partial charge >= 0.3 is 5.69 Å². The van der Waals surface area contributed by atoms with Crippen molar-refractivity contribution in [2.75, 3.05) is 0 Å². The van der Waals surface area contributed by atoms with Gasteiger partial charge in [-0.1, -0.05) is 18.5 Å². The second-order valence-electron chi connectivity index (χ2n) is 2.40. The molecule has 1 rings (SSSR count). The molecule has 1 heterocycles. The standard InChI is InChI=1S/C7H9ClN2O2/c1-2-3-10-6(11)5(8)4-9-7(10)12/h4H,2-3H2,1H3,(H,9,12). The molecule has 0 saturated carbocycles. The number of H-pyrrole nitrogens is 1. The van der Waals surface area contributed by atoms with Gasteiger partial charge in [-0.15, -0.1) is 0 Å². The number of hydrogen-bond acceptors (Lipinski definition) is 2. The zero-order chi connectivity index (χ0) is 9.14. The lowest BCUT2D eigenvalue weighted by Gasteiger charge is -2.00. The predicted octanol–water partition coefficient (Wildman–Crippen LogP) is 0.600. The van der Waals surface area contributed by atoms with Gasteiger partial charge < -0.3 is 4.98 Å². The maximum absolute atomic E-state index is 11.2. The van der Waals surface area contributed by atoms with E-state index in [1.807, 2.05) is 6.92 Å². The Morgan fingerprint density at radius 3 is 2.83 bits per heavy atom. The first kappa shape index (κ1) is 9.06. The highest BCUT2D eigenvalue weighted by molar-refractivity contribution is 6.30. The number of aromatic nitrogens is 2. The molecular weight excluding hydrogens is 180 g/mol. The van der Waals surface area contributed by atoms with E-state index in [4.69, 9.17) is 11.6 Å². The lowest BCUT2D eigenvalue weighted by molar-refractivity contribution is 0.615. The van der Waals surface area contributed by atoms with Crippen LogP contribution in [0.1, 0.15) is 13.3 Å². The third-order valence-corrected chi connectivity index (χ3v) is 1.73. The van der Waals surface area contributed by atoms with Crippen molar-refractivity contribution in [3.63, 3.8) is 0 Å². The van der Waals surface area contributed by atoms with E-state index in [9.17, 15) is 9.59 Å². The summed E-state index contributed by atoms with van der Waals surface area (Å²) in [6.07, 6.45) is 1.93. The van der Waals surface area contributed by atoms with E-state index in [2.05, 4.69) is 4.98 Å². The van der Waals surface area contributed by atoms with Gasteiger partial charge in [0.15, 0.2) is 0 Å². The van der Waals surface area contributed by atoms with Crippen molar-refractivity contribution in [2.45, 2.75) is 19.9 Å². The number of hydrogen-bond donors (Lipinski definition) is 1. The second-order valence-corrected chi connectivity index (χ2v) is 2.81. The molecule has 4 nitrogen and oxygen atoms in total. The molecule has 0 aliphatic rings. The fraction of sp³-hybridized carbons (Fsp3) is 0.429. The van der Waals surface area contributed by atoms with Crippen LogP contribution in [0.15, 0.2) is 15.8 Å². The Labute approximate surface area is 73.8 Å². The smallest absolute Gasteiger partial charge is 0.312 e. The quantitative estimate of drug-likeness (QED) is 0.739. The van der Waals surface area contributed by atoms with Crippen LogP contribution in [-0.2, 0) is 6.54 Å². The Morgan fingerprint density at radius 1 is 1.58 bits per heavy atom. The largest absolute Gasteiger partial charge is 0.328 e. The van der Waals surface area contributed by atoms with Gasteiger partial charge in [0.2, 0.25) is 0 Å². The Morgan fingerprint density at radius 2 is 2.25 bits per heavy atom. The van der Waals surface area contributed by atoms with E-state index in [1.54, 1.807) is 0 Å². The van der Waals surface area contributed by atoms with Crippen molar-refractivity contribution in [1.29, 1.82) is 0 Å². The Balaban J connectivity index is 3.34. The fourth-order valence-corrected chi connectivity index (χ4v) is 1.07. The maximum Gasteiger partial charge on any atom is 0.328 e. The van der Waals surface area contributed by atoms with Crippen LogP contribution in [0.3, 0.4) is 0 Å². The third kappa shape index (κ3) is 1.58. The summed E-state index contributed by atoms with van der Waals surface area (Å²) in [5, 5.41) is 0.0445. The summed E-state index contributed by atoms with van der Waals surface area (Å²) in [7, 11) is 0. The predicted molar refractivity (Wildman–Crippen MR) is 46.6 cm³/mol. The monoisotopic (exact) mass is 188 g/mol. The minimum atomic E-state index is -0.428. The number of nitrogens with zero attached hydrogens (tertiary/aromatic N) is 1. The lowest BCUT2D eigenvalue weighted by Crippen LogP contribution is -2.34. The van der Waals surface area contributed by atoms with Gasteiger partial charge in [-0.3, -0.25) is 9.36 Å². The van der Waals surface area contributed by atoms with E-state index in [1.165, 1.54) is 6.20 Å². The molecule has 5 heteroatoms. The van der Waals surface area contributed by atoms with E-state index in [-0.39, 0.29) is 5.02 Å². The highest BCUT2D eigenvalue weighted by atomic mass is 35.5. The molecule has 1 aromatic heterocycles. The first-order valence-corrected chi connectivity index (χ1v) is 4.02. The van der Waals surface area contributed by atoms with Crippen LogP contribution in [0, 0.1) is 0 Å². The highest BCUT2D eigenvalue weighted by Gasteiger charge is 2.02. The van der Waals surface area contributed by atoms with E-state index < -0.39 is 11.2 Å². The molecule has 0 atom stereocenters. The van der Waals surface area contributed by atoms with E-state index in [0.29, 0.717) is 6.54 Å². The van der Waals surface area contributed by atoms with Crippen LogP contribution >= 0.6 is 11.6 Å². The zero-order valence-corrected chi connectivity index (χ0v) is 7.39. The van der Waals surface area contributed by atoms with Gasteiger partial charge in [0, 0.05) is 12.7 Å². The molecule has 1 N–H and O–H groups in total. The van der Waals surface area contributed by atoms with E-state index in [0.717, 1.165) is 11.0 Å². The van der Waals surface area contributed by atoms with Gasteiger partial charge in [0.1, 0.15) is 5.02 Å². The van der Waals surface area contributed by atoms with Gasteiger partial charge in [0.25, 0.3) is 5.56 Å². The molecular formula is C7H9ClN2O2. The second kappa shape index (κ2) is 3.58. The average molecular weight is 189 g/mol. The molecule has 0 aliphatic carbocycles. The Kier molecular flexibility index (Phi) is 2.70. The molecule has 66 valence electrons. The summed E-state index contributed by atoms with van der Waals surface area (Å²) in [5.41, 5.74) is -0.839. The number of nitrogens with one attached hydrogen (secondary N) is 1. The number of halogens is 1. The minimum Gasteiger partial charge on any atom is -0.312 e. The molecule has 0 fully saturated rings. The molecule has 0 saturated heterocycles. The molecule has 0 radical (unpaired) electrons. The van der Waals surface area contributed by atoms with Crippen LogP contribution in [0.4, 0.5) is 0 Å². The van der Waals surface area contributed by atoms with Gasteiger partial charge in [-0.25, -0.2) is 4.79 Å². The maximum atomic E-state index is 11.2. The van der Waals surface area contributed by atoms with Crippen molar-refractivity contribution in [3.05, 3.63) is 32.1 Å². The van der Waals surface area contributed by atoms with Gasteiger partial charge in [-0.05, 0) is 6.42 Å². The van der Waals surface area contributed by atoms with Crippen LogP contribution < -0.4 is 11.2 Å². The summed E-state index contributed by atoms with van der Waals surface area (Å²) in [5.74, 6) is 0. The zero-order valence-electron chi connectivity index (χ0n) is 6.63. The van der Waals surface area contributed by atoms with E-state index >= 15 is 0 Å². The molecule has 0 bridgehead atoms. The van der Waals surface area contributed by atoms with Crippen LogP contribution in [0.25, 0.3) is 0 Å². The lowest BCUT2D eigenvalue weighted by atomic mass is 10.4. The minimum absolute atomic E-state index is 0.0445. The number of aromatic amines is 1. The Hall–Kier alpha value is -1.03. The third-order valence-electron chi connectivity index (χ3n) is 1.46. The molecule has 0 unspecified atom stereocenters. The molecule has 1 aromatic rings. The van der Waals surface area contributed by atoms with Crippen LogP contribution in [-0.4, -0.2) is 9.55 Å². The van der Waals surface area contributed by atoms with Crippen LogP contribution in [0.5, 0.6) is 0 Å². The van der Waals surface area contributed by atoms with Gasteiger partial charge in [0.05, 0.1) is 0 Å². The molecule has 0 aliphatic heterocycles. The van der Waals surface area contributed by atoms with Crippen LogP contribution in [0.2, 0.25) is 5.02 Å². The summed E-state index contributed by atoms with van der Waals surface area (Å²) < 4.78 is 1.09. The summed E-state index contributed by atoms with van der Waals surface area (Å²) in [6.45, 7) is 2.28. The average Bonchev–Trinajstić information content (AvgIpc) is 2.06. The van der Waals surface area contributed by atoms with Gasteiger partial charge in [-0.2, -0.15) is 0 Å². The van der Waals surface area contributed by atoms with Crippen molar-refractivity contribution < 1.29 is 0 Å². The SMILES string of the molecule is CCCn1c(=O)[nH]cc(Cl)c1=O. The Bertz CT molecular complexity index is 380. The number of rotatable bonds is 2. The van der Waals surface area contributed by atoms with Crippen molar-refractivity contribution in [1.82, 2.24) is 9.55 Å². The molecule has 0 spiro atoms. The summed E-state index contributed by atoms with van der Waals surface area (Å²) in [6, 6.07) is 0. The molecule has 0 aromatic carbocycles. The van der Waals surface area contributed by atoms with Crippen molar-refractivity contribution >= 4 is 11.6 Å². The molecule has 0 amide bonds. The fourth-order valence-electron chi connectivity index (χ4n) is 0.913. The topological polar surface area (TPSA) is 54.9 Å². The van der Waals surface area contributed by atoms with Crippen molar-refractivity contribution in [3.8, 4) is 0 Å². The first-order chi connectivity index (χ1) is 5.66. The first-order valence-electron chi connectivity index (χ1n) is 3.65. The highest BCUT2D eigenvalue weighted by Crippen LogP contribution is 1.93. The van der Waals surface area contributed by atoms with Crippen molar-refractivity contribution in [2.24, 2.45) is 0 Å². The normalized spacial score (nSPS) is 10.2. The molecule has 12 heavy (non-hydrogen) atoms. The summed E-state index contributed by atoms with van der Waals surface area (Å²) >= 11 is 5.52. The summed E-state index contributed by atoms with van der Waals surface area (Å²) in [4.78, 5) is 24.6.